The third kappa shape index (κ3) is 5.72. The number of para-hydroxylation sites is 1. The Hall–Kier alpha value is -5.80. The molecule has 12 heteroatoms. The van der Waals surface area contributed by atoms with Crippen molar-refractivity contribution < 1.29 is 10.0 Å². The van der Waals surface area contributed by atoms with Crippen molar-refractivity contribution in [2.75, 3.05) is 22.9 Å². The maximum absolute atomic E-state index is 14.1. The summed E-state index contributed by atoms with van der Waals surface area (Å²) in [5.41, 5.74) is 10.9. The number of nitrogens with one attached hydrogen (secondary N) is 3. The van der Waals surface area contributed by atoms with Crippen LogP contribution in [0, 0.1) is 18.3 Å². The van der Waals surface area contributed by atoms with Crippen molar-refractivity contribution in [2.24, 2.45) is 0 Å². The van der Waals surface area contributed by atoms with Crippen molar-refractivity contribution in [3.8, 4) is 11.8 Å². The van der Waals surface area contributed by atoms with Crippen molar-refractivity contribution in [1.29, 1.82) is 5.26 Å². The number of rotatable bonds is 9. The molecule has 0 fully saturated rings. The normalized spacial score (nSPS) is 10.7. The van der Waals surface area contributed by atoms with Crippen molar-refractivity contribution in [1.82, 2.24) is 25.0 Å². The summed E-state index contributed by atoms with van der Waals surface area (Å²) in [5.74, 6) is 0.321. The van der Waals surface area contributed by atoms with Gasteiger partial charge in [-0.25, -0.2) is 15.4 Å². The van der Waals surface area contributed by atoms with Crippen LogP contribution in [0.25, 0.3) is 16.6 Å². The number of carbonyl (C=O) groups excluding carboxylic acids is 1. The maximum atomic E-state index is 14.1. The summed E-state index contributed by atoms with van der Waals surface area (Å²) >= 11 is 0. The molecule has 0 aliphatic carbocycles. The molecule has 0 saturated carbocycles. The van der Waals surface area contributed by atoms with Gasteiger partial charge in [-0.1, -0.05) is 36.4 Å². The molecule has 0 spiro atoms. The number of hydrogen-bond acceptors (Lipinski definition) is 10. The number of nitriles is 1. The van der Waals surface area contributed by atoms with Gasteiger partial charge in [0.15, 0.2) is 0 Å². The summed E-state index contributed by atoms with van der Waals surface area (Å²) in [6.07, 6.45) is 0.347. The predicted molar refractivity (Wildman–Crippen MR) is 158 cm³/mol. The van der Waals surface area contributed by atoms with Gasteiger partial charge in [-0.05, 0) is 48.9 Å². The number of aryl methyl sites for hydroxylation is 1. The van der Waals surface area contributed by atoms with E-state index in [4.69, 9.17) is 15.9 Å². The number of nitrogen functional groups attached to an aromatic ring is 1. The second kappa shape index (κ2) is 12.2. The Morgan fingerprint density at radius 2 is 1.76 bits per heavy atom. The number of amides is 1. The van der Waals surface area contributed by atoms with Crippen LogP contribution in [0.3, 0.4) is 0 Å². The first kappa shape index (κ1) is 27.8. The Morgan fingerprint density at radius 1 is 1.00 bits per heavy atom. The lowest BCUT2D eigenvalue weighted by atomic mass is 10.1. The molecule has 0 aliphatic rings. The van der Waals surface area contributed by atoms with Gasteiger partial charge in [-0.3, -0.25) is 19.4 Å². The number of hydroxylamine groups is 1. The minimum absolute atomic E-state index is 0.0608. The maximum Gasteiger partial charge on any atom is 0.274 e. The highest BCUT2D eigenvalue weighted by atomic mass is 16.5. The highest BCUT2D eigenvalue weighted by molar-refractivity contribution is 5.93. The van der Waals surface area contributed by atoms with Gasteiger partial charge in [0.05, 0.1) is 22.3 Å². The van der Waals surface area contributed by atoms with Crippen LogP contribution < -0.4 is 27.4 Å². The fourth-order valence-corrected chi connectivity index (χ4v) is 4.62. The number of nitrogens with zero attached hydrogens (tertiary/aromatic N) is 5. The van der Waals surface area contributed by atoms with Gasteiger partial charge in [0.1, 0.15) is 23.3 Å². The molecule has 2 heterocycles. The SMILES string of the molecule is Cc1nc(N)nc(NCCc2nc3cccc(NCc4ccc(C(=O)NO)cc4)c3c(=O)n2-c2ccccc2)c1C#N. The van der Waals surface area contributed by atoms with Gasteiger partial charge in [0, 0.05) is 30.8 Å². The summed E-state index contributed by atoms with van der Waals surface area (Å²) in [4.78, 5) is 38.8. The number of anilines is 3. The molecular formula is C30H27N9O3. The minimum atomic E-state index is -0.594. The van der Waals surface area contributed by atoms with Crippen LogP contribution in [0.5, 0.6) is 0 Å². The van der Waals surface area contributed by atoms with Crippen LogP contribution in [-0.2, 0) is 13.0 Å². The zero-order valence-corrected chi connectivity index (χ0v) is 22.6. The Bertz CT molecular complexity index is 1860. The standard InChI is InChI=1S/C30H27N9O3/c1-18-22(16-31)27(37-30(32)35-18)33-15-14-25-36-24-9-5-8-23(26(24)29(41)39(25)21-6-3-2-4-7-21)34-17-19-10-12-20(13-11-19)28(40)38-42/h2-13,34,42H,14-15,17H2,1H3,(H,38,40)(H3,32,33,35,37). The fourth-order valence-electron chi connectivity index (χ4n) is 4.62. The van der Waals surface area contributed by atoms with Crippen molar-refractivity contribution in [3.63, 3.8) is 0 Å². The molecule has 0 aliphatic heterocycles. The summed E-state index contributed by atoms with van der Waals surface area (Å²) in [5, 5.41) is 25.3. The molecule has 0 saturated heterocycles. The van der Waals surface area contributed by atoms with Crippen LogP contribution in [-0.4, -0.2) is 37.2 Å². The summed E-state index contributed by atoms with van der Waals surface area (Å²) in [7, 11) is 0. The van der Waals surface area contributed by atoms with E-state index in [2.05, 4.69) is 26.7 Å². The first-order valence-electron chi connectivity index (χ1n) is 13.0. The molecule has 2 aromatic heterocycles. The van der Waals surface area contributed by atoms with Crippen LogP contribution in [0.4, 0.5) is 17.5 Å². The van der Waals surface area contributed by atoms with Crippen LogP contribution >= 0.6 is 0 Å². The van der Waals surface area contributed by atoms with Gasteiger partial charge >= 0.3 is 0 Å². The second-order valence-electron chi connectivity index (χ2n) is 9.37. The minimum Gasteiger partial charge on any atom is -0.380 e. The lowest BCUT2D eigenvalue weighted by Gasteiger charge is -2.16. The zero-order chi connectivity index (χ0) is 29.6. The third-order valence-corrected chi connectivity index (χ3v) is 6.64. The second-order valence-corrected chi connectivity index (χ2v) is 9.37. The van der Waals surface area contributed by atoms with E-state index in [0.717, 1.165) is 5.56 Å². The van der Waals surface area contributed by atoms with Gasteiger partial charge < -0.3 is 16.4 Å². The number of hydrogen-bond donors (Lipinski definition) is 5. The van der Waals surface area contributed by atoms with E-state index < -0.39 is 5.91 Å². The van der Waals surface area contributed by atoms with Crippen molar-refractivity contribution in [3.05, 3.63) is 111 Å². The molecule has 210 valence electrons. The lowest BCUT2D eigenvalue weighted by molar-refractivity contribution is 0.0706. The first-order valence-corrected chi connectivity index (χ1v) is 13.0. The summed E-state index contributed by atoms with van der Waals surface area (Å²) < 4.78 is 1.59. The predicted octanol–water partition coefficient (Wildman–Crippen LogP) is 3.32. The number of nitrogens with two attached hydrogens (primary N) is 1. The van der Waals surface area contributed by atoms with E-state index in [1.165, 1.54) is 0 Å². The molecule has 0 unspecified atom stereocenters. The zero-order valence-electron chi connectivity index (χ0n) is 22.6. The molecule has 6 N–H and O–H groups in total. The van der Waals surface area contributed by atoms with Gasteiger partial charge in [-0.15, -0.1) is 0 Å². The van der Waals surface area contributed by atoms with Crippen LogP contribution in [0.15, 0.2) is 77.6 Å². The molecule has 12 nitrogen and oxygen atoms in total. The molecule has 0 radical (unpaired) electrons. The van der Waals surface area contributed by atoms with Crippen LogP contribution in [0.2, 0.25) is 0 Å². The third-order valence-electron chi connectivity index (χ3n) is 6.64. The molecule has 0 atom stereocenters. The largest absolute Gasteiger partial charge is 0.380 e. The lowest BCUT2D eigenvalue weighted by Crippen LogP contribution is -2.26. The Kier molecular flexibility index (Phi) is 8.03. The van der Waals surface area contributed by atoms with Crippen LogP contribution in [0.1, 0.15) is 33.0 Å². The van der Waals surface area contributed by atoms with Gasteiger partial charge in [0.2, 0.25) is 5.95 Å². The topological polar surface area (TPSA) is 184 Å². The first-order chi connectivity index (χ1) is 20.4. The summed E-state index contributed by atoms with van der Waals surface area (Å²) in [6.45, 7) is 2.41. The quantitative estimate of drug-likeness (QED) is 0.132. The Morgan fingerprint density at radius 3 is 2.48 bits per heavy atom. The number of benzene rings is 3. The molecule has 1 amide bonds. The van der Waals surface area contributed by atoms with Gasteiger partial charge in [0.25, 0.3) is 11.5 Å². The molecule has 3 aromatic carbocycles. The van der Waals surface area contributed by atoms with E-state index in [-0.39, 0.29) is 11.5 Å². The molecule has 5 aromatic rings. The van der Waals surface area contributed by atoms with Crippen molar-refractivity contribution >= 4 is 34.3 Å². The summed E-state index contributed by atoms with van der Waals surface area (Å²) in [6, 6.07) is 23.5. The van der Waals surface area contributed by atoms with Gasteiger partial charge in [-0.2, -0.15) is 10.2 Å². The Labute approximate surface area is 240 Å². The molecular weight excluding hydrogens is 534 g/mol. The van der Waals surface area contributed by atoms with E-state index in [1.54, 1.807) is 47.3 Å². The molecule has 5 rings (SSSR count). The fraction of sp³-hybridized carbons (Fsp3) is 0.133. The number of aromatic nitrogens is 4. The molecule has 0 bridgehead atoms. The monoisotopic (exact) mass is 561 g/mol. The van der Waals surface area contributed by atoms with Crippen molar-refractivity contribution in [2.45, 2.75) is 19.9 Å². The van der Waals surface area contributed by atoms with E-state index >= 15 is 0 Å². The Balaban J connectivity index is 1.47. The highest BCUT2D eigenvalue weighted by Gasteiger charge is 2.17. The molecule has 42 heavy (non-hydrogen) atoms. The average Bonchev–Trinajstić information content (AvgIpc) is 3.00. The van der Waals surface area contributed by atoms with E-state index in [9.17, 15) is 14.9 Å². The number of fused-ring (bicyclic) bond motifs is 1. The van der Waals surface area contributed by atoms with E-state index in [1.807, 2.05) is 42.5 Å². The smallest absolute Gasteiger partial charge is 0.274 e. The highest BCUT2D eigenvalue weighted by Crippen LogP contribution is 2.22. The van der Waals surface area contributed by atoms with E-state index in [0.29, 0.717) is 70.3 Å². The number of carbonyl (C=O) groups is 1. The average molecular weight is 562 g/mol.